The van der Waals surface area contributed by atoms with Gasteiger partial charge in [0.05, 0.1) is 5.02 Å². The lowest BCUT2D eigenvalue weighted by Gasteiger charge is -2.32. The molecule has 1 aliphatic rings. The number of benzene rings is 2. The van der Waals surface area contributed by atoms with Crippen molar-refractivity contribution in [1.82, 2.24) is 10.2 Å². The Morgan fingerprint density at radius 3 is 2.25 bits per heavy atom. The van der Waals surface area contributed by atoms with E-state index in [9.17, 15) is 18.0 Å². The van der Waals surface area contributed by atoms with Crippen molar-refractivity contribution in [2.24, 2.45) is 5.92 Å². The predicted molar refractivity (Wildman–Crippen MR) is 126 cm³/mol. The molecule has 2 aromatic rings. The number of nitrogens with zero attached hydrogens (tertiary/aromatic N) is 1. The summed E-state index contributed by atoms with van der Waals surface area (Å²) < 4.78 is 28.2. The topological polar surface area (TPSA) is 95.6 Å². The van der Waals surface area contributed by atoms with Gasteiger partial charge in [-0.2, -0.15) is 0 Å². The number of hydrogen-bond acceptors (Lipinski definition) is 4. The zero-order valence-corrected chi connectivity index (χ0v) is 20.1. The van der Waals surface area contributed by atoms with Gasteiger partial charge in [0.1, 0.15) is 4.90 Å². The predicted octanol–water partition coefficient (Wildman–Crippen LogP) is 4.17. The minimum atomic E-state index is -4.02. The molecule has 0 aromatic heterocycles. The van der Waals surface area contributed by atoms with Gasteiger partial charge in [-0.05, 0) is 69.2 Å². The molecule has 2 N–H and O–H groups in total. The van der Waals surface area contributed by atoms with Crippen LogP contribution in [-0.4, -0.2) is 44.3 Å². The summed E-state index contributed by atoms with van der Waals surface area (Å²) in [5.74, 6) is -0.432. The van der Waals surface area contributed by atoms with Crippen LogP contribution < -0.4 is 10.0 Å². The van der Waals surface area contributed by atoms with Crippen molar-refractivity contribution in [3.63, 3.8) is 0 Å². The maximum absolute atomic E-state index is 13.0. The van der Waals surface area contributed by atoms with Gasteiger partial charge < -0.3 is 10.2 Å². The number of rotatable bonds is 6. The molecule has 0 saturated carbocycles. The van der Waals surface area contributed by atoms with Crippen LogP contribution in [-0.2, 0) is 14.8 Å². The number of likely N-dealkylation sites (tertiary alicyclic amines) is 1. The molecule has 0 atom stereocenters. The highest BCUT2D eigenvalue weighted by Gasteiger charge is 2.29. The van der Waals surface area contributed by atoms with E-state index in [-0.39, 0.29) is 39.3 Å². The SMILES string of the molecule is CC(C)NC(=O)C1CCN(C(=O)c2ccc(Cl)c(S(=O)(=O)Nc3ccc(Cl)cc3)c2)CC1. The van der Waals surface area contributed by atoms with Crippen molar-refractivity contribution >= 4 is 50.7 Å². The molecule has 2 amide bonds. The molecule has 0 radical (unpaired) electrons. The lowest BCUT2D eigenvalue weighted by atomic mass is 9.95. The zero-order chi connectivity index (χ0) is 23.5. The molecule has 1 fully saturated rings. The number of amides is 2. The second-order valence-electron chi connectivity index (χ2n) is 7.99. The Balaban J connectivity index is 1.73. The minimum Gasteiger partial charge on any atom is -0.354 e. The minimum absolute atomic E-state index is 0.000227. The fourth-order valence-electron chi connectivity index (χ4n) is 3.50. The van der Waals surface area contributed by atoms with E-state index >= 15 is 0 Å². The van der Waals surface area contributed by atoms with E-state index in [4.69, 9.17) is 23.2 Å². The molecule has 7 nitrogen and oxygen atoms in total. The van der Waals surface area contributed by atoms with Gasteiger partial charge in [-0.3, -0.25) is 14.3 Å². The van der Waals surface area contributed by atoms with Crippen molar-refractivity contribution in [1.29, 1.82) is 0 Å². The number of halogens is 2. The third-order valence-corrected chi connectivity index (χ3v) is 7.26. The summed E-state index contributed by atoms with van der Waals surface area (Å²) in [4.78, 5) is 26.6. The molecule has 0 aliphatic carbocycles. The van der Waals surface area contributed by atoms with E-state index < -0.39 is 10.0 Å². The molecule has 0 unspecified atom stereocenters. The van der Waals surface area contributed by atoms with E-state index in [0.717, 1.165) is 0 Å². The summed E-state index contributed by atoms with van der Waals surface area (Å²) in [6, 6.07) is 10.4. The van der Waals surface area contributed by atoms with Crippen LogP contribution in [0.5, 0.6) is 0 Å². The lowest BCUT2D eigenvalue weighted by Crippen LogP contribution is -2.44. The third kappa shape index (κ3) is 5.94. The summed E-state index contributed by atoms with van der Waals surface area (Å²) in [7, 11) is -4.02. The summed E-state index contributed by atoms with van der Waals surface area (Å²) in [5.41, 5.74) is 0.542. The van der Waals surface area contributed by atoms with E-state index in [1.807, 2.05) is 13.8 Å². The van der Waals surface area contributed by atoms with E-state index in [1.165, 1.54) is 30.3 Å². The van der Waals surface area contributed by atoms with Gasteiger partial charge in [-0.1, -0.05) is 23.2 Å². The van der Waals surface area contributed by atoms with Crippen LogP contribution in [0.15, 0.2) is 47.4 Å². The van der Waals surface area contributed by atoms with Crippen LogP contribution in [0.3, 0.4) is 0 Å². The first-order valence-corrected chi connectivity index (χ1v) is 12.5. The molecular weight excluding hydrogens is 473 g/mol. The molecular formula is C22H25Cl2N3O4S. The van der Waals surface area contributed by atoms with Crippen LogP contribution in [0, 0.1) is 5.92 Å². The Morgan fingerprint density at radius 2 is 1.66 bits per heavy atom. The molecule has 172 valence electrons. The molecule has 3 rings (SSSR count). The summed E-state index contributed by atoms with van der Waals surface area (Å²) in [6.45, 7) is 4.65. The fraction of sp³-hybridized carbons (Fsp3) is 0.364. The number of piperidine rings is 1. The zero-order valence-electron chi connectivity index (χ0n) is 17.8. The highest BCUT2D eigenvalue weighted by molar-refractivity contribution is 7.92. The van der Waals surface area contributed by atoms with Gasteiger partial charge in [0.15, 0.2) is 0 Å². The van der Waals surface area contributed by atoms with Crippen molar-refractivity contribution in [2.75, 3.05) is 17.8 Å². The van der Waals surface area contributed by atoms with Crippen molar-refractivity contribution < 1.29 is 18.0 Å². The Hall–Kier alpha value is -2.29. The smallest absolute Gasteiger partial charge is 0.263 e. The van der Waals surface area contributed by atoms with Crippen molar-refractivity contribution in [3.05, 3.63) is 58.1 Å². The molecule has 0 spiro atoms. The second kappa shape index (κ2) is 10.1. The van der Waals surface area contributed by atoms with Crippen LogP contribution in [0.1, 0.15) is 37.0 Å². The molecule has 1 aliphatic heterocycles. The normalized spacial score (nSPS) is 15.0. The largest absolute Gasteiger partial charge is 0.354 e. The molecule has 10 heteroatoms. The number of anilines is 1. The van der Waals surface area contributed by atoms with Crippen LogP contribution in [0.4, 0.5) is 5.69 Å². The van der Waals surface area contributed by atoms with Crippen LogP contribution in [0.2, 0.25) is 10.0 Å². The molecule has 32 heavy (non-hydrogen) atoms. The van der Waals surface area contributed by atoms with Gasteiger partial charge in [0, 0.05) is 41.3 Å². The maximum atomic E-state index is 13.0. The molecule has 1 heterocycles. The van der Waals surface area contributed by atoms with E-state index in [0.29, 0.717) is 36.6 Å². The van der Waals surface area contributed by atoms with Crippen molar-refractivity contribution in [3.8, 4) is 0 Å². The average Bonchev–Trinajstić information content (AvgIpc) is 2.74. The molecule has 0 bridgehead atoms. The summed E-state index contributed by atoms with van der Waals surface area (Å²) in [6.07, 6.45) is 1.11. The Bertz CT molecular complexity index is 1100. The van der Waals surface area contributed by atoms with Gasteiger partial charge in [-0.25, -0.2) is 8.42 Å². The van der Waals surface area contributed by atoms with Gasteiger partial charge in [0.2, 0.25) is 5.91 Å². The molecule has 2 aromatic carbocycles. The first-order chi connectivity index (χ1) is 15.1. The van der Waals surface area contributed by atoms with E-state index in [1.54, 1.807) is 17.0 Å². The van der Waals surface area contributed by atoms with Crippen LogP contribution in [0.25, 0.3) is 0 Å². The number of carbonyl (C=O) groups is 2. The Morgan fingerprint density at radius 1 is 1.03 bits per heavy atom. The van der Waals surface area contributed by atoms with Gasteiger partial charge in [-0.15, -0.1) is 0 Å². The summed E-state index contributed by atoms with van der Waals surface area (Å²) in [5, 5.41) is 3.39. The third-order valence-electron chi connectivity index (χ3n) is 5.15. The highest BCUT2D eigenvalue weighted by Crippen LogP contribution is 2.27. The number of sulfonamides is 1. The van der Waals surface area contributed by atoms with Gasteiger partial charge >= 0.3 is 0 Å². The monoisotopic (exact) mass is 497 g/mol. The lowest BCUT2D eigenvalue weighted by molar-refractivity contribution is -0.126. The quantitative estimate of drug-likeness (QED) is 0.625. The Kier molecular flexibility index (Phi) is 7.69. The van der Waals surface area contributed by atoms with Crippen molar-refractivity contribution in [2.45, 2.75) is 37.6 Å². The van der Waals surface area contributed by atoms with Crippen LogP contribution >= 0.6 is 23.2 Å². The molecule has 1 saturated heterocycles. The fourth-order valence-corrected chi connectivity index (χ4v) is 5.21. The second-order valence-corrected chi connectivity index (χ2v) is 10.5. The number of nitrogens with one attached hydrogen (secondary N) is 2. The average molecular weight is 498 g/mol. The summed E-state index contributed by atoms with van der Waals surface area (Å²) >= 11 is 12.0. The Labute approximate surface area is 198 Å². The van der Waals surface area contributed by atoms with Gasteiger partial charge in [0.25, 0.3) is 15.9 Å². The number of carbonyl (C=O) groups excluding carboxylic acids is 2. The highest BCUT2D eigenvalue weighted by atomic mass is 35.5. The standard InChI is InChI=1S/C22H25Cl2N3O4S/c1-14(2)25-21(28)15-9-11-27(12-10-15)22(29)16-3-8-19(24)20(13-16)32(30,31)26-18-6-4-17(23)5-7-18/h3-8,13-15,26H,9-12H2,1-2H3,(H,25,28). The first kappa shape index (κ1) is 24.4. The first-order valence-electron chi connectivity index (χ1n) is 10.2. The maximum Gasteiger partial charge on any atom is 0.263 e. The number of hydrogen-bond donors (Lipinski definition) is 2. The van der Waals surface area contributed by atoms with E-state index in [2.05, 4.69) is 10.0 Å².